The molecule has 1 unspecified atom stereocenters. The summed E-state index contributed by atoms with van der Waals surface area (Å²) in [5.74, 6) is 0.734. The Balaban J connectivity index is 1.40. The van der Waals surface area contributed by atoms with E-state index in [2.05, 4.69) is 5.32 Å². The third-order valence-electron chi connectivity index (χ3n) is 7.81. The number of nitrogens with zero attached hydrogens (tertiary/aromatic N) is 4. The van der Waals surface area contributed by atoms with Crippen LogP contribution in [0.1, 0.15) is 29.5 Å². The molecule has 1 fully saturated rings. The molecule has 1 saturated heterocycles. The number of carbonyl (C=O) groups is 1. The van der Waals surface area contributed by atoms with Crippen LogP contribution in [-0.2, 0) is 17.9 Å². The van der Waals surface area contributed by atoms with Gasteiger partial charge in [0.15, 0.2) is 15.5 Å². The molecule has 1 atom stereocenters. The molecule has 0 bridgehead atoms. The molecule has 226 valence electrons. The molecule has 0 spiro atoms. The van der Waals surface area contributed by atoms with Crippen LogP contribution in [0.3, 0.4) is 0 Å². The summed E-state index contributed by atoms with van der Waals surface area (Å²) in [4.78, 5) is 39.2. The largest absolute Gasteiger partial charge is 0.497 e. The highest BCUT2D eigenvalue weighted by molar-refractivity contribution is 7.21. The molecule has 1 amide bonds. The van der Waals surface area contributed by atoms with Gasteiger partial charge in [-0.3, -0.25) is 14.2 Å². The molecule has 3 aromatic carbocycles. The number of rotatable bonds is 9. The van der Waals surface area contributed by atoms with E-state index >= 15 is 4.39 Å². The highest BCUT2D eigenvalue weighted by Crippen LogP contribution is 2.34. The first-order chi connectivity index (χ1) is 21.4. The van der Waals surface area contributed by atoms with E-state index in [1.165, 1.54) is 22.0 Å². The summed E-state index contributed by atoms with van der Waals surface area (Å²) in [6.07, 6.45) is 1.49. The number of halogens is 1. The topological polar surface area (TPSA) is 98.6 Å². The number of carbonyl (C=O) groups excluding carboxylic acids is 1. The maximum Gasteiger partial charge on any atom is 0.281 e. The zero-order valence-electron chi connectivity index (χ0n) is 24.7. The van der Waals surface area contributed by atoms with Gasteiger partial charge in [-0.2, -0.15) is 0 Å². The fraction of sp³-hybridized carbons (Fsp3) is 0.273. The molecule has 6 rings (SSSR count). The predicted molar refractivity (Wildman–Crippen MR) is 169 cm³/mol. The molecule has 44 heavy (non-hydrogen) atoms. The second-order valence-electron chi connectivity index (χ2n) is 10.7. The molecule has 0 radical (unpaired) electrons. The number of hydrogen-bond donors (Lipinski definition) is 1. The summed E-state index contributed by atoms with van der Waals surface area (Å²) in [6.45, 7) is 2.98. The fourth-order valence-electron chi connectivity index (χ4n) is 5.51. The van der Waals surface area contributed by atoms with Gasteiger partial charge >= 0.3 is 0 Å². The minimum absolute atomic E-state index is 0.0682. The number of aromatic nitrogens is 3. The Morgan fingerprint density at radius 1 is 1.07 bits per heavy atom. The van der Waals surface area contributed by atoms with Crippen molar-refractivity contribution in [3.8, 4) is 22.9 Å². The van der Waals surface area contributed by atoms with Gasteiger partial charge in [0.25, 0.3) is 5.56 Å². The summed E-state index contributed by atoms with van der Waals surface area (Å²) >= 11 is 1.24. The molecule has 9 nitrogen and oxygen atoms in total. The Labute approximate surface area is 257 Å². The molecule has 1 aliphatic rings. The molecule has 3 heterocycles. The Bertz CT molecular complexity index is 1890. The van der Waals surface area contributed by atoms with Gasteiger partial charge in [0.1, 0.15) is 29.2 Å². The van der Waals surface area contributed by atoms with Crippen LogP contribution >= 0.6 is 11.3 Å². The molecule has 1 aliphatic heterocycles. The van der Waals surface area contributed by atoms with Crippen molar-refractivity contribution < 1.29 is 18.7 Å². The number of thiazole rings is 1. The van der Waals surface area contributed by atoms with Gasteiger partial charge in [-0.1, -0.05) is 53.3 Å². The van der Waals surface area contributed by atoms with Gasteiger partial charge < -0.3 is 19.7 Å². The Morgan fingerprint density at radius 2 is 1.89 bits per heavy atom. The number of benzene rings is 3. The van der Waals surface area contributed by atoms with E-state index in [0.717, 1.165) is 17.5 Å². The highest BCUT2D eigenvalue weighted by atomic mass is 32.1. The molecule has 0 aliphatic carbocycles. The third-order valence-corrected chi connectivity index (χ3v) is 8.79. The first-order valence-corrected chi connectivity index (χ1v) is 15.1. The van der Waals surface area contributed by atoms with Crippen molar-refractivity contribution in [3.05, 3.63) is 99.6 Å². The van der Waals surface area contributed by atoms with Crippen LogP contribution in [0.15, 0.2) is 71.5 Å². The molecule has 11 heteroatoms. The minimum atomic E-state index is -0.489. The van der Waals surface area contributed by atoms with Crippen molar-refractivity contribution in [2.24, 2.45) is 0 Å². The number of nitrogens with one attached hydrogen (secondary N) is 1. The van der Waals surface area contributed by atoms with Gasteiger partial charge in [-0.05, 0) is 49.6 Å². The standard InChI is InChI=1S/C33H32FN5O4S/c1-20-11-14-25(34)24(16-20)29-37-31-28(32(41)39(29)19-22-12-13-23(42-2)17-27(22)43-3)36-33(44-31)38-15-7-10-26(38)30(40)35-18-21-8-5-4-6-9-21/h4-6,8-9,11-14,16-17,26H,7,10,15,18-19H2,1-3H3,(H,35,40). The number of anilines is 1. The smallest absolute Gasteiger partial charge is 0.281 e. The predicted octanol–water partition coefficient (Wildman–Crippen LogP) is 5.32. The zero-order valence-corrected chi connectivity index (χ0v) is 25.5. The lowest BCUT2D eigenvalue weighted by Crippen LogP contribution is -2.43. The first kappa shape index (κ1) is 29.3. The van der Waals surface area contributed by atoms with Gasteiger partial charge in [0.2, 0.25) is 5.91 Å². The molecule has 0 saturated carbocycles. The maximum atomic E-state index is 15.3. The number of methoxy groups -OCH3 is 2. The monoisotopic (exact) mass is 613 g/mol. The van der Waals surface area contributed by atoms with Crippen molar-refractivity contribution >= 4 is 32.7 Å². The van der Waals surface area contributed by atoms with E-state index in [4.69, 9.17) is 19.4 Å². The summed E-state index contributed by atoms with van der Waals surface area (Å²) in [7, 11) is 3.10. The summed E-state index contributed by atoms with van der Waals surface area (Å²) in [6, 6.07) is 19.4. The molecule has 5 aromatic rings. The van der Waals surface area contributed by atoms with Crippen LogP contribution in [-0.4, -0.2) is 47.2 Å². The molecular weight excluding hydrogens is 581 g/mol. The second-order valence-corrected chi connectivity index (χ2v) is 11.6. The minimum Gasteiger partial charge on any atom is -0.497 e. The highest BCUT2D eigenvalue weighted by Gasteiger charge is 2.33. The van der Waals surface area contributed by atoms with Crippen molar-refractivity contribution in [3.63, 3.8) is 0 Å². The van der Waals surface area contributed by atoms with Gasteiger partial charge in [0.05, 0.1) is 26.3 Å². The normalized spacial score (nSPS) is 14.6. The number of hydrogen-bond acceptors (Lipinski definition) is 8. The van der Waals surface area contributed by atoms with Crippen molar-refractivity contribution in [2.45, 2.75) is 38.9 Å². The van der Waals surface area contributed by atoms with E-state index in [0.29, 0.717) is 46.5 Å². The SMILES string of the molecule is COc1ccc(Cn2c(-c3cc(C)ccc3F)nc3sc(N4CCCC4C(=O)NCc4ccccc4)nc3c2=O)c(OC)c1. The lowest BCUT2D eigenvalue weighted by atomic mass is 10.1. The van der Waals surface area contributed by atoms with Crippen molar-refractivity contribution in [1.29, 1.82) is 0 Å². The van der Waals surface area contributed by atoms with E-state index in [-0.39, 0.29) is 29.4 Å². The lowest BCUT2D eigenvalue weighted by Gasteiger charge is -2.23. The second kappa shape index (κ2) is 12.5. The zero-order chi connectivity index (χ0) is 30.8. The summed E-state index contributed by atoms with van der Waals surface area (Å²) in [5.41, 5.74) is 2.51. The van der Waals surface area contributed by atoms with Gasteiger partial charge in [-0.15, -0.1) is 0 Å². The van der Waals surface area contributed by atoms with Crippen molar-refractivity contribution in [2.75, 3.05) is 25.7 Å². The number of fused-ring (bicyclic) bond motifs is 1. The van der Waals surface area contributed by atoms with E-state index in [1.807, 2.05) is 42.2 Å². The number of ether oxygens (including phenoxy) is 2. The Morgan fingerprint density at radius 3 is 2.66 bits per heavy atom. The Hall–Kier alpha value is -4.77. The van der Waals surface area contributed by atoms with Crippen LogP contribution in [0, 0.1) is 12.7 Å². The fourth-order valence-corrected chi connectivity index (χ4v) is 6.51. The van der Waals surface area contributed by atoms with E-state index < -0.39 is 17.4 Å². The molecular formula is C33H32FN5O4S. The molecule has 1 N–H and O–H groups in total. The number of aryl methyl sites for hydroxylation is 1. The van der Waals surface area contributed by atoms with Gasteiger partial charge in [-0.25, -0.2) is 14.4 Å². The van der Waals surface area contributed by atoms with Crippen LogP contribution in [0.5, 0.6) is 11.5 Å². The molecule has 2 aromatic heterocycles. The third kappa shape index (κ3) is 5.74. The van der Waals surface area contributed by atoms with E-state index in [9.17, 15) is 9.59 Å². The lowest BCUT2D eigenvalue weighted by molar-refractivity contribution is -0.122. The van der Waals surface area contributed by atoms with Crippen molar-refractivity contribution in [1.82, 2.24) is 19.9 Å². The average Bonchev–Trinajstić information content (AvgIpc) is 3.71. The average molecular weight is 614 g/mol. The van der Waals surface area contributed by atoms with E-state index in [1.54, 1.807) is 44.6 Å². The Kier molecular flexibility index (Phi) is 8.30. The van der Waals surface area contributed by atoms with Crippen LogP contribution in [0.4, 0.5) is 9.52 Å². The quantitative estimate of drug-likeness (QED) is 0.240. The van der Waals surface area contributed by atoms with Crippen LogP contribution in [0.2, 0.25) is 0 Å². The van der Waals surface area contributed by atoms with Gasteiger partial charge in [0, 0.05) is 24.7 Å². The summed E-state index contributed by atoms with van der Waals surface area (Å²) in [5, 5.41) is 3.57. The van der Waals surface area contributed by atoms with Crippen LogP contribution < -0.4 is 25.2 Å². The number of amides is 1. The first-order valence-electron chi connectivity index (χ1n) is 14.3. The van der Waals surface area contributed by atoms with Crippen LogP contribution in [0.25, 0.3) is 21.7 Å². The summed E-state index contributed by atoms with van der Waals surface area (Å²) < 4.78 is 27.6. The maximum absolute atomic E-state index is 15.3.